The highest BCUT2D eigenvalue weighted by Gasteiger charge is 2.32. The monoisotopic (exact) mass is 325 g/mol. The van der Waals surface area contributed by atoms with E-state index in [1.54, 1.807) is 19.1 Å². The molecule has 0 bridgehead atoms. The number of nitrogens with one attached hydrogen (secondary N) is 1. The smallest absolute Gasteiger partial charge is 0.405 e. The molecule has 0 aromatic heterocycles. The third kappa shape index (κ3) is 4.97. The molecular weight excluding hydrogens is 307 g/mol. The summed E-state index contributed by atoms with van der Waals surface area (Å²) in [6.07, 6.45) is -4.74. The SMILES string of the molecule is CC(N[C@H](CO)c1ccccc1)c1ccccc1OC(F)(F)F. The molecule has 0 aliphatic heterocycles. The fourth-order valence-electron chi connectivity index (χ4n) is 2.39. The van der Waals surface area contributed by atoms with Crippen LogP contribution in [0.3, 0.4) is 0 Å². The van der Waals surface area contributed by atoms with Crippen LogP contribution in [0, 0.1) is 0 Å². The number of rotatable bonds is 6. The Morgan fingerprint density at radius 3 is 2.26 bits per heavy atom. The molecule has 0 amide bonds. The molecule has 2 N–H and O–H groups in total. The molecule has 2 aromatic carbocycles. The molecule has 0 fully saturated rings. The van der Waals surface area contributed by atoms with E-state index >= 15 is 0 Å². The van der Waals surface area contributed by atoms with Gasteiger partial charge in [0.05, 0.1) is 12.6 Å². The quantitative estimate of drug-likeness (QED) is 0.844. The maximum Gasteiger partial charge on any atom is 0.573 e. The normalized spacial score (nSPS) is 14.3. The maximum atomic E-state index is 12.5. The molecule has 6 heteroatoms. The zero-order valence-electron chi connectivity index (χ0n) is 12.5. The highest BCUT2D eigenvalue weighted by atomic mass is 19.4. The van der Waals surface area contributed by atoms with E-state index in [4.69, 9.17) is 0 Å². The minimum absolute atomic E-state index is 0.170. The first-order valence-corrected chi connectivity index (χ1v) is 7.17. The number of aliphatic hydroxyl groups excluding tert-OH is 1. The average Bonchev–Trinajstić information content (AvgIpc) is 2.52. The molecule has 0 heterocycles. The molecule has 2 aromatic rings. The first-order chi connectivity index (χ1) is 10.9. The lowest BCUT2D eigenvalue weighted by molar-refractivity contribution is -0.275. The second kappa shape index (κ2) is 7.48. The van der Waals surface area contributed by atoms with Crippen molar-refractivity contribution in [2.45, 2.75) is 25.4 Å². The van der Waals surface area contributed by atoms with Gasteiger partial charge in [-0.15, -0.1) is 13.2 Å². The standard InChI is InChI=1S/C17H18F3NO2/c1-12(21-15(11-22)13-7-3-2-4-8-13)14-9-5-6-10-16(14)23-17(18,19)20/h2-10,12,15,21-22H,11H2,1H3/t12?,15-/m1/s1. The van der Waals surface area contributed by atoms with E-state index in [-0.39, 0.29) is 18.4 Å². The van der Waals surface area contributed by atoms with Crippen molar-refractivity contribution in [2.24, 2.45) is 0 Å². The van der Waals surface area contributed by atoms with E-state index in [1.807, 2.05) is 30.3 Å². The molecular formula is C17H18F3NO2. The van der Waals surface area contributed by atoms with Crippen LogP contribution in [0.5, 0.6) is 5.75 Å². The van der Waals surface area contributed by atoms with Crippen molar-refractivity contribution in [3.8, 4) is 5.75 Å². The van der Waals surface area contributed by atoms with E-state index in [0.717, 1.165) is 5.56 Å². The first-order valence-electron chi connectivity index (χ1n) is 7.17. The van der Waals surface area contributed by atoms with Gasteiger partial charge < -0.3 is 15.2 Å². The van der Waals surface area contributed by atoms with Gasteiger partial charge in [0.1, 0.15) is 5.75 Å². The van der Waals surface area contributed by atoms with Crippen LogP contribution in [-0.4, -0.2) is 18.1 Å². The number of halogens is 3. The fraction of sp³-hybridized carbons (Fsp3) is 0.294. The molecule has 0 saturated heterocycles. The minimum Gasteiger partial charge on any atom is -0.405 e. The van der Waals surface area contributed by atoms with Crippen molar-refractivity contribution in [3.05, 3.63) is 65.7 Å². The zero-order valence-corrected chi connectivity index (χ0v) is 12.5. The van der Waals surface area contributed by atoms with Gasteiger partial charge >= 0.3 is 6.36 Å². The highest BCUT2D eigenvalue weighted by molar-refractivity contribution is 5.36. The number of alkyl halides is 3. The van der Waals surface area contributed by atoms with Crippen LogP contribution in [0.25, 0.3) is 0 Å². The summed E-state index contributed by atoms with van der Waals surface area (Å²) in [6.45, 7) is 1.56. The Labute approximate surface area is 132 Å². The summed E-state index contributed by atoms with van der Waals surface area (Å²) in [6, 6.07) is 14.4. The van der Waals surface area contributed by atoms with Crippen molar-refractivity contribution in [1.82, 2.24) is 5.32 Å². The van der Waals surface area contributed by atoms with Crippen LogP contribution >= 0.6 is 0 Å². The van der Waals surface area contributed by atoms with Crippen molar-refractivity contribution >= 4 is 0 Å². The van der Waals surface area contributed by atoms with Gasteiger partial charge in [-0.25, -0.2) is 0 Å². The second-order valence-corrected chi connectivity index (χ2v) is 5.12. The predicted octanol–water partition coefficient (Wildman–Crippen LogP) is 3.97. The van der Waals surface area contributed by atoms with Crippen molar-refractivity contribution < 1.29 is 23.0 Å². The average molecular weight is 325 g/mol. The zero-order chi connectivity index (χ0) is 16.9. The van der Waals surface area contributed by atoms with E-state index < -0.39 is 12.4 Å². The minimum atomic E-state index is -4.74. The van der Waals surface area contributed by atoms with E-state index in [2.05, 4.69) is 10.1 Å². The second-order valence-electron chi connectivity index (χ2n) is 5.12. The Kier molecular flexibility index (Phi) is 5.63. The van der Waals surface area contributed by atoms with Gasteiger partial charge in [-0.3, -0.25) is 0 Å². The van der Waals surface area contributed by atoms with Gasteiger partial charge in [0.2, 0.25) is 0 Å². The summed E-state index contributed by atoms with van der Waals surface area (Å²) < 4.78 is 41.6. The lowest BCUT2D eigenvalue weighted by Crippen LogP contribution is -2.28. The molecule has 0 saturated carbocycles. The Morgan fingerprint density at radius 1 is 1.04 bits per heavy atom. The molecule has 0 aliphatic carbocycles. The summed E-state index contributed by atoms with van der Waals surface area (Å²) >= 11 is 0. The van der Waals surface area contributed by atoms with Gasteiger partial charge in [0, 0.05) is 11.6 Å². The molecule has 3 nitrogen and oxygen atoms in total. The van der Waals surface area contributed by atoms with E-state index in [9.17, 15) is 18.3 Å². The summed E-state index contributed by atoms with van der Waals surface area (Å²) in [5.74, 6) is -0.246. The van der Waals surface area contributed by atoms with Crippen molar-refractivity contribution in [2.75, 3.05) is 6.61 Å². The third-order valence-electron chi connectivity index (χ3n) is 3.45. The van der Waals surface area contributed by atoms with Crippen LogP contribution in [0.1, 0.15) is 30.1 Å². The van der Waals surface area contributed by atoms with E-state index in [1.165, 1.54) is 12.1 Å². The molecule has 1 unspecified atom stereocenters. The number of ether oxygens (including phenoxy) is 1. The largest absolute Gasteiger partial charge is 0.573 e. The number of benzene rings is 2. The summed E-state index contributed by atoms with van der Waals surface area (Å²) in [5.41, 5.74) is 1.23. The summed E-state index contributed by atoms with van der Waals surface area (Å²) in [5, 5.41) is 12.7. The lowest BCUT2D eigenvalue weighted by Gasteiger charge is -2.24. The maximum absolute atomic E-state index is 12.5. The number of hydrogen-bond acceptors (Lipinski definition) is 3. The molecule has 2 rings (SSSR count). The van der Waals surface area contributed by atoms with Gasteiger partial charge in [-0.1, -0.05) is 48.5 Å². The predicted molar refractivity (Wildman–Crippen MR) is 80.9 cm³/mol. The molecule has 124 valence electrons. The van der Waals surface area contributed by atoms with E-state index in [0.29, 0.717) is 5.56 Å². The molecule has 0 radical (unpaired) electrons. The Balaban J connectivity index is 2.18. The molecule has 0 aliphatic rings. The first kappa shape index (κ1) is 17.3. The third-order valence-corrected chi connectivity index (χ3v) is 3.45. The van der Waals surface area contributed by atoms with Gasteiger partial charge in [0.15, 0.2) is 0 Å². The Morgan fingerprint density at radius 2 is 1.65 bits per heavy atom. The molecule has 23 heavy (non-hydrogen) atoms. The molecule has 0 spiro atoms. The van der Waals surface area contributed by atoms with Crippen LogP contribution in [0.4, 0.5) is 13.2 Å². The van der Waals surface area contributed by atoms with Crippen LogP contribution in [-0.2, 0) is 0 Å². The number of aliphatic hydroxyl groups is 1. The van der Waals surface area contributed by atoms with Gasteiger partial charge in [-0.2, -0.15) is 0 Å². The van der Waals surface area contributed by atoms with Crippen LogP contribution in [0.2, 0.25) is 0 Å². The van der Waals surface area contributed by atoms with Gasteiger partial charge in [-0.05, 0) is 18.6 Å². The Bertz CT molecular complexity index is 617. The van der Waals surface area contributed by atoms with Crippen LogP contribution < -0.4 is 10.1 Å². The summed E-state index contributed by atoms with van der Waals surface area (Å²) in [7, 11) is 0. The van der Waals surface area contributed by atoms with Crippen molar-refractivity contribution in [3.63, 3.8) is 0 Å². The Hall–Kier alpha value is -2.05. The topological polar surface area (TPSA) is 41.5 Å². The highest BCUT2D eigenvalue weighted by Crippen LogP contribution is 2.31. The summed E-state index contributed by atoms with van der Waals surface area (Å²) in [4.78, 5) is 0. The van der Waals surface area contributed by atoms with Crippen LogP contribution in [0.15, 0.2) is 54.6 Å². The fourth-order valence-corrected chi connectivity index (χ4v) is 2.39. The number of para-hydroxylation sites is 1. The van der Waals surface area contributed by atoms with Crippen molar-refractivity contribution in [1.29, 1.82) is 0 Å². The number of hydrogen-bond donors (Lipinski definition) is 2. The lowest BCUT2D eigenvalue weighted by atomic mass is 10.0. The molecule has 2 atom stereocenters. The van der Waals surface area contributed by atoms with Gasteiger partial charge in [0.25, 0.3) is 0 Å².